The number of hydrogen-bond acceptors (Lipinski definition) is 3. The number of fused-ring (bicyclic) bond motifs is 1. The zero-order valence-electron chi connectivity index (χ0n) is 12.9. The Morgan fingerprint density at radius 2 is 2.17 bits per heavy atom. The lowest BCUT2D eigenvalue weighted by atomic mass is 10.0. The molecule has 1 saturated heterocycles. The second-order valence-electron chi connectivity index (χ2n) is 6.63. The van der Waals surface area contributed by atoms with Crippen molar-refractivity contribution in [1.82, 2.24) is 4.98 Å². The molecule has 5 nitrogen and oxygen atoms in total. The first-order valence-electron chi connectivity index (χ1n) is 8.24. The van der Waals surface area contributed by atoms with E-state index in [-0.39, 0.29) is 17.9 Å². The van der Waals surface area contributed by atoms with E-state index in [0.29, 0.717) is 0 Å². The highest BCUT2D eigenvalue weighted by atomic mass is 79.9. The molecule has 4 N–H and O–H groups in total. The molecule has 1 aliphatic heterocycles. The molecule has 1 aliphatic carbocycles. The Labute approximate surface area is 143 Å². The lowest BCUT2D eigenvalue weighted by Crippen LogP contribution is -2.43. The number of carbonyl (C=O) groups is 1. The van der Waals surface area contributed by atoms with Crippen LogP contribution in [0.3, 0.4) is 0 Å². The van der Waals surface area contributed by atoms with Gasteiger partial charge in [0.1, 0.15) is 0 Å². The van der Waals surface area contributed by atoms with E-state index in [2.05, 4.69) is 37.2 Å². The van der Waals surface area contributed by atoms with Gasteiger partial charge in [-0.15, -0.1) is 0 Å². The van der Waals surface area contributed by atoms with Gasteiger partial charge in [-0.2, -0.15) is 0 Å². The Balaban J connectivity index is 1.76. The number of hydrogen-bond donors (Lipinski definition) is 3. The molecular weight excluding hydrogens is 356 g/mol. The standard InChI is InChI=1S/C17H21BrN4O/c18-12-5-6-13-15(16(12)22-7-1-2-11(19)9-22)14(8-20-13)21-17(23)10-3-4-10/h5-6,8,10-11,20H,1-4,7,9,19H2,(H,21,23)/t11-/m1/s1. The maximum absolute atomic E-state index is 12.2. The zero-order valence-corrected chi connectivity index (χ0v) is 14.5. The molecule has 2 heterocycles. The van der Waals surface area contributed by atoms with E-state index in [4.69, 9.17) is 5.73 Å². The van der Waals surface area contributed by atoms with E-state index in [9.17, 15) is 4.79 Å². The molecule has 4 rings (SSSR count). The number of nitrogens with two attached hydrogens (primary N) is 1. The molecule has 1 saturated carbocycles. The summed E-state index contributed by atoms with van der Waals surface area (Å²) in [7, 11) is 0. The van der Waals surface area contributed by atoms with Crippen molar-refractivity contribution < 1.29 is 4.79 Å². The van der Waals surface area contributed by atoms with Crippen molar-refractivity contribution in [2.45, 2.75) is 31.7 Å². The highest BCUT2D eigenvalue weighted by molar-refractivity contribution is 9.10. The topological polar surface area (TPSA) is 74.2 Å². The maximum atomic E-state index is 12.2. The average Bonchev–Trinajstić information content (AvgIpc) is 3.31. The summed E-state index contributed by atoms with van der Waals surface area (Å²) in [4.78, 5) is 17.8. The van der Waals surface area contributed by atoms with Gasteiger partial charge in [0.25, 0.3) is 0 Å². The van der Waals surface area contributed by atoms with Crippen LogP contribution in [-0.2, 0) is 4.79 Å². The lowest BCUT2D eigenvalue weighted by molar-refractivity contribution is -0.117. The summed E-state index contributed by atoms with van der Waals surface area (Å²) in [5.41, 5.74) is 9.20. The number of amides is 1. The van der Waals surface area contributed by atoms with Gasteiger partial charge in [-0.05, 0) is 53.7 Å². The van der Waals surface area contributed by atoms with Crippen molar-refractivity contribution in [1.29, 1.82) is 0 Å². The van der Waals surface area contributed by atoms with Crippen LogP contribution < -0.4 is 16.0 Å². The Kier molecular flexibility index (Phi) is 3.81. The van der Waals surface area contributed by atoms with Crippen LogP contribution in [0.4, 0.5) is 11.4 Å². The average molecular weight is 377 g/mol. The number of aromatic amines is 1. The van der Waals surface area contributed by atoms with Crippen molar-refractivity contribution in [3.63, 3.8) is 0 Å². The Hall–Kier alpha value is -1.53. The van der Waals surface area contributed by atoms with Crippen LogP contribution in [0.25, 0.3) is 10.9 Å². The normalized spacial score (nSPS) is 21.7. The summed E-state index contributed by atoms with van der Waals surface area (Å²) in [5, 5.41) is 4.17. The molecule has 1 amide bonds. The number of nitrogens with one attached hydrogen (secondary N) is 2. The first-order valence-corrected chi connectivity index (χ1v) is 9.04. The van der Waals surface area contributed by atoms with Crippen LogP contribution in [0.15, 0.2) is 22.8 Å². The smallest absolute Gasteiger partial charge is 0.227 e. The zero-order chi connectivity index (χ0) is 16.0. The summed E-state index contributed by atoms with van der Waals surface area (Å²) in [6.07, 6.45) is 6.07. The van der Waals surface area contributed by atoms with Gasteiger partial charge in [0.2, 0.25) is 5.91 Å². The van der Waals surface area contributed by atoms with Gasteiger partial charge in [0.15, 0.2) is 0 Å². The first-order chi connectivity index (χ1) is 11.1. The number of piperidine rings is 1. The summed E-state index contributed by atoms with van der Waals surface area (Å²) < 4.78 is 1.04. The van der Waals surface area contributed by atoms with Gasteiger partial charge < -0.3 is 20.9 Å². The van der Waals surface area contributed by atoms with Crippen LogP contribution >= 0.6 is 15.9 Å². The SMILES string of the molecule is N[C@@H]1CCCN(c2c(Br)ccc3[nH]cc(NC(=O)C4CC4)c23)C1. The van der Waals surface area contributed by atoms with Gasteiger partial charge >= 0.3 is 0 Å². The van der Waals surface area contributed by atoms with E-state index < -0.39 is 0 Å². The molecule has 2 fully saturated rings. The van der Waals surface area contributed by atoms with E-state index in [1.807, 2.05) is 12.3 Å². The molecule has 1 aromatic heterocycles. The molecule has 122 valence electrons. The summed E-state index contributed by atoms with van der Waals surface area (Å²) in [6, 6.07) is 4.30. The number of nitrogens with zero attached hydrogens (tertiary/aromatic N) is 1. The third-order valence-electron chi connectivity index (χ3n) is 4.75. The van der Waals surface area contributed by atoms with Crippen molar-refractivity contribution in [2.75, 3.05) is 23.3 Å². The van der Waals surface area contributed by atoms with Gasteiger partial charge in [-0.3, -0.25) is 4.79 Å². The molecule has 6 heteroatoms. The third kappa shape index (κ3) is 2.85. The molecule has 0 spiro atoms. The fraction of sp³-hybridized carbons (Fsp3) is 0.471. The number of benzene rings is 1. The van der Waals surface area contributed by atoms with Crippen LogP contribution in [0.5, 0.6) is 0 Å². The molecule has 0 unspecified atom stereocenters. The second-order valence-corrected chi connectivity index (χ2v) is 7.49. The lowest BCUT2D eigenvalue weighted by Gasteiger charge is -2.34. The van der Waals surface area contributed by atoms with E-state index in [1.54, 1.807) is 0 Å². The number of H-pyrrole nitrogens is 1. The minimum Gasteiger partial charge on any atom is -0.368 e. The maximum Gasteiger partial charge on any atom is 0.227 e. The fourth-order valence-corrected chi connectivity index (χ4v) is 3.96. The molecule has 1 aromatic carbocycles. The molecule has 2 aliphatic rings. The third-order valence-corrected chi connectivity index (χ3v) is 5.39. The molecule has 1 atom stereocenters. The highest BCUT2D eigenvalue weighted by Crippen LogP contribution is 2.40. The van der Waals surface area contributed by atoms with E-state index in [1.165, 1.54) is 0 Å². The number of aromatic nitrogens is 1. The number of anilines is 2. The molecule has 0 radical (unpaired) electrons. The quantitative estimate of drug-likeness (QED) is 0.769. The van der Waals surface area contributed by atoms with E-state index in [0.717, 1.165) is 65.5 Å². The van der Waals surface area contributed by atoms with Crippen LogP contribution in [-0.4, -0.2) is 30.0 Å². The summed E-state index contributed by atoms with van der Waals surface area (Å²) in [5.74, 6) is 0.325. The number of rotatable bonds is 3. The Bertz CT molecular complexity index is 752. The number of carbonyl (C=O) groups excluding carboxylic acids is 1. The van der Waals surface area contributed by atoms with Crippen LogP contribution in [0, 0.1) is 5.92 Å². The monoisotopic (exact) mass is 376 g/mol. The Morgan fingerprint density at radius 1 is 1.35 bits per heavy atom. The van der Waals surface area contributed by atoms with Crippen molar-refractivity contribution in [2.24, 2.45) is 11.7 Å². The summed E-state index contributed by atoms with van der Waals surface area (Å²) in [6.45, 7) is 1.84. The van der Waals surface area contributed by atoms with Crippen LogP contribution in [0.1, 0.15) is 25.7 Å². The van der Waals surface area contributed by atoms with Gasteiger partial charge in [0, 0.05) is 46.6 Å². The summed E-state index contributed by atoms with van der Waals surface area (Å²) >= 11 is 3.69. The molecule has 0 bridgehead atoms. The predicted octanol–water partition coefficient (Wildman–Crippen LogP) is 3.21. The van der Waals surface area contributed by atoms with Crippen LogP contribution in [0.2, 0.25) is 0 Å². The second kappa shape index (κ2) is 5.83. The van der Waals surface area contributed by atoms with E-state index >= 15 is 0 Å². The molecular formula is C17H21BrN4O. The molecule has 23 heavy (non-hydrogen) atoms. The minimum absolute atomic E-state index is 0.132. The predicted molar refractivity (Wildman–Crippen MR) is 96.8 cm³/mol. The van der Waals surface area contributed by atoms with Gasteiger partial charge in [0.05, 0.1) is 11.4 Å². The largest absolute Gasteiger partial charge is 0.368 e. The van der Waals surface area contributed by atoms with Gasteiger partial charge in [-0.25, -0.2) is 0 Å². The minimum atomic E-state index is 0.132. The van der Waals surface area contributed by atoms with Crippen molar-refractivity contribution in [3.8, 4) is 0 Å². The fourth-order valence-electron chi connectivity index (χ4n) is 3.38. The van der Waals surface area contributed by atoms with Crippen molar-refractivity contribution >= 4 is 44.1 Å². The van der Waals surface area contributed by atoms with Gasteiger partial charge in [-0.1, -0.05) is 0 Å². The Morgan fingerprint density at radius 3 is 2.91 bits per heavy atom. The first kappa shape index (κ1) is 15.0. The highest BCUT2D eigenvalue weighted by Gasteiger charge is 2.30. The molecule has 2 aromatic rings. The number of halogens is 1. The van der Waals surface area contributed by atoms with Crippen molar-refractivity contribution in [3.05, 3.63) is 22.8 Å².